The van der Waals surface area contributed by atoms with E-state index < -0.39 is 5.72 Å². The number of ether oxygens (including phenoxy) is 2. The number of hydrogen-bond acceptors (Lipinski definition) is 4. The number of allylic oxidation sites excluding steroid dienone is 2. The first-order valence-electron chi connectivity index (χ1n) is 6.59. The fourth-order valence-electron chi connectivity index (χ4n) is 2.90. The van der Waals surface area contributed by atoms with Gasteiger partial charge >= 0.3 is 0 Å². The van der Waals surface area contributed by atoms with Gasteiger partial charge in [0.2, 0.25) is 5.72 Å². The normalized spacial score (nSPS) is 23.7. The number of carbonyl (C=O) groups is 1. The van der Waals surface area contributed by atoms with Gasteiger partial charge in [-0.05, 0) is 39.3 Å². The van der Waals surface area contributed by atoms with E-state index in [-0.39, 0.29) is 5.78 Å². The van der Waals surface area contributed by atoms with Crippen LogP contribution in [0.5, 0.6) is 5.75 Å². The molecule has 1 aromatic rings. The highest BCUT2D eigenvalue weighted by atomic mass is 16.5. The van der Waals surface area contributed by atoms with Crippen molar-refractivity contribution in [1.29, 1.82) is 0 Å². The first kappa shape index (κ1) is 12.8. The maximum absolute atomic E-state index is 12.0. The number of aryl methyl sites for hydroxylation is 1. The fourth-order valence-corrected chi connectivity index (χ4v) is 2.90. The molecule has 0 fully saturated rings. The van der Waals surface area contributed by atoms with Crippen molar-refractivity contribution in [2.24, 2.45) is 0 Å². The van der Waals surface area contributed by atoms with Crippen molar-refractivity contribution in [3.8, 4) is 5.75 Å². The van der Waals surface area contributed by atoms with E-state index in [1.807, 2.05) is 38.1 Å². The van der Waals surface area contributed by atoms with Crippen molar-refractivity contribution in [2.75, 3.05) is 5.32 Å². The van der Waals surface area contributed by atoms with Crippen molar-refractivity contribution in [3.05, 3.63) is 46.9 Å². The van der Waals surface area contributed by atoms with Crippen LogP contribution in [0.3, 0.4) is 0 Å². The van der Waals surface area contributed by atoms with E-state index in [1.54, 1.807) is 6.92 Å². The standard InChI is InChI=1S/C16H17NO3/c1-9-6-5-7-13-15(9)20-16(17-13)8-10(2)19-12(4)14(16)11(3)18/h5-8,17H,1-4H3/t16-/m0/s1. The van der Waals surface area contributed by atoms with Crippen LogP contribution < -0.4 is 10.1 Å². The molecular weight excluding hydrogens is 254 g/mol. The second-order valence-electron chi connectivity index (χ2n) is 5.26. The molecule has 0 radical (unpaired) electrons. The molecule has 0 amide bonds. The zero-order chi connectivity index (χ0) is 14.5. The van der Waals surface area contributed by atoms with Crippen molar-refractivity contribution < 1.29 is 14.3 Å². The van der Waals surface area contributed by atoms with Gasteiger partial charge in [-0.1, -0.05) is 12.1 Å². The van der Waals surface area contributed by atoms with Crippen LogP contribution in [0.4, 0.5) is 5.69 Å². The van der Waals surface area contributed by atoms with Crippen LogP contribution in [0.1, 0.15) is 26.3 Å². The fraction of sp³-hybridized carbons (Fsp3) is 0.312. The Hall–Kier alpha value is -2.23. The van der Waals surface area contributed by atoms with Gasteiger partial charge in [-0.2, -0.15) is 0 Å². The zero-order valence-electron chi connectivity index (χ0n) is 12.0. The van der Waals surface area contributed by atoms with Crippen LogP contribution in [0, 0.1) is 6.92 Å². The summed E-state index contributed by atoms with van der Waals surface area (Å²) in [5.41, 5.74) is 1.48. The van der Waals surface area contributed by atoms with E-state index in [0.29, 0.717) is 17.1 Å². The van der Waals surface area contributed by atoms with Crippen LogP contribution in [-0.4, -0.2) is 11.5 Å². The molecule has 4 heteroatoms. The number of Topliss-reactive ketones (excluding diaryl/α,β-unsaturated/α-hetero) is 1. The van der Waals surface area contributed by atoms with Crippen LogP contribution >= 0.6 is 0 Å². The van der Waals surface area contributed by atoms with Gasteiger partial charge in [0, 0.05) is 6.08 Å². The number of hydrogen-bond donors (Lipinski definition) is 1. The van der Waals surface area contributed by atoms with E-state index in [4.69, 9.17) is 9.47 Å². The summed E-state index contributed by atoms with van der Waals surface area (Å²) >= 11 is 0. The van der Waals surface area contributed by atoms with Crippen LogP contribution in [0.15, 0.2) is 41.4 Å². The molecule has 0 saturated carbocycles. The Morgan fingerprint density at radius 2 is 2.00 bits per heavy atom. The molecule has 0 aromatic heterocycles. The highest BCUT2D eigenvalue weighted by molar-refractivity contribution is 5.98. The first-order valence-corrected chi connectivity index (χ1v) is 6.59. The van der Waals surface area contributed by atoms with Gasteiger partial charge in [-0.15, -0.1) is 0 Å². The minimum absolute atomic E-state index is 0.0655. The van der Waals surface area contributed by atoms with Crippen LogP contribution in [0.2, 0.25) is 0 Å². The lowest BCUT2D eigenvalue weighted by atomic mass is 9.95. The van der Waals surface area contributed by atoms with E-state index in [2.05, 4.69) is 5.32 Å². The lowest BCUT2D eigenvalue weighted by Crippen LogP contribution is -2.45. The Morgan fingerprint density at radius 1 is 1.25 bits per heavy atom. The largest absolute Gasteiger partial charge is 0.466 e. The molecule has 1 spiro atoms. The maximum Gasteiger partial charge on any atom is 0.237 e. The van der Waals surface area contributed by atoms with Crippen LogP contribution in [-0.2, 0) is 9.53 Å². The third-order valence-electron chi connectivity index (χ3n) is 3.59. The molecule has 0 aliphatic carbocycles. The van der Waals surface area contributed by atoms with Crippen molar-refractivity contribution >= 4 is 11.5 Å². The van der Waals surface area contributed by atoms with Gasteiger partial charge in [0.15, 0.2) is 5.78 Å². The van der Waals surface area contributed by atoms with Crippen LogP contribution in [0.25, 0.3) is 0 Å². The second-order valence-corrected chi connectivity index (χ2v) is 5.26. The van der Waals surface area contributed by atoms with E-state index in [9.17, 15) is 4.79 Å². The lowest BCUT2D eigenvalue weighted by molar-refractivity contribution is -0.115. The molecule has 0 unspecified atom stereocenters. The number of fused-ring (bicyclic) bond motifs is 1. The third-order valence-corrected chi connectivity index (χ3v) is 3.59. The molecule has 2 aliphatic heterocycles. The lowest BCUT2D eigenvalue weighted by Gasteiger charge is -2.32. The average Bonchev–Trinajstić information content (AvgIpc) is 2.66. The van der Waals surface area contributed by atoms with Gasteiger partial charge in [0.1, 0.15) is 22.8 Å². The van der Waals surface area contributed by atoms with Gasteiger partial charge in [-0.3, -0.25) is 4.79 Å². The van der Waals surface area contributed by atoms with E-state index in [1.165, 1.54) is 6.92 Å². The molecule has 3 rings (SSSR count). The molecule has 1 atom stereocenters. The zero-order valence-corrected chi connectivity index (χ0v) is 12.0. The summed E-state index contributed by atoms with van der Waals surface area (Å²) < 4.78 is 11.7. The predicted molar refractivity (Wildman–Crippen MR) is 76.4 cm³/mol. The third kappa shape index (κ3) is 1.72. The Balaban J connectivity index is 2.16. The SMILES string of the molecule is CC(=O)C1=C(C)OC(C)=C[C@@]12Nc1cccc(C)c1O2. The maximum atomic E-state index is 12.0. The second kappa shape index (κ2) is 4.13. The van der Waals surface area contributed by atoms with Crippen molar-refractivity contribution in [2.45, 2.75) is 33.4 Å². The topological polar surface area (TPSA) is 47.6 Å². The Labute approximate surface area is 118 Å². The summed E-state index contributed by atoms with van der Waals surface area (Å²) in [6, 6.07) is 5.89. The van der Waals surface area contributed by atoms with Gasteiger partial charge in [0.05, 0.1) is 5.69 Å². The molecule has 2 heterocycles. The molecule has 0 bridgehead atoms. The number of ketones is 1. The molecule has 4 nitrogen and oxygen atoms in total. The number of nitrogens with one attached hydrogen (secondary N) is 1. The predicted octanol–water partition coefficient (Wildman–Crippen LogP) is 3.29. The monoisotopic (exact) mass is 271 g/mol. The smallest absolute Gasteiger partial charge is 0.237 e. The Bertz CT molecular complexity index is 672. The van der Waals surface area contributed by atoms with Gasteiger partial charge in [0.25, 0.3) is 0 Å². The minimum atomic E-state index is -0.952. The summed E-state index contributed by atoms with van der Waals surface area (Å²) in [5, 5.41) is 3.33. The van der Waals surface area contributed by atoms with E-state index in [0.717, 1.165) is 17.0 Å². The highest BCUT2D eigenvalue weighted by Crippen LogP contribution is 2.45. The number of rotatable bonds is 1. The van der Waals surface area contributed by atoms with Gasteiger partial charge in [-0.25, -0.2) is 0 Å². The molecule has 0 saturated heterocycles. The summed E-state index contributed by atoms with van der Waals surface area (Å²) in [7, 11) is 0. The quantitative estimate of drug-likeness (QED) is 0.851. The Morgan fingerprint density at radius 3 is 2.65 bits per heavy atom. The summed E-state index contributed by atoms with van der Waals surface area (Å²) in [4.78, 5) is 12.0. The van der Waals surface area contributed by atoms with Crippen molar-refractivity contribution in [1.82, 2.24) is 0 Å². The molecule has 1 N–H and O–H groups in total. The molecular formula is C16H17NO3. The molecule has 20 heavy (non-hydrogen) atoms. The minimum Gasteiger partial charge on any atom is -0.466 e. The van der Waals surface area contributed by atoms with Gasteiger partial charge < -0.3 is 14.8 Å². The number of anilines is 1. The Kier molecular flexibility index (Phi) is 2.64. The number of benzene rings is 1. The molecule has 104 valence electrons. The molecule has 2 aliphatic rings. The van der Waals surface area contributed by atoms with Crippen molar-refractivity contribution in [3.63, 3.8) is 0 Å². The average molecular weight is 271 g/mol. The summed E-state index contributed by atoms with van der Waals surface area (Å²) in [6.07, 6.45) is 1.82. The van der Waals surface area contributed by atoms with E-state index >= 15 is 0 Å². The summed E-state index contributed by atoms with van der Waals surface area (Å²) in [5.74, 6) is 2.01. The highest BCUT2D eigenvalue weighted by Gasteiger charge is 2.47. The summed E-state index contributed by atoms with van der Waals surface area (Å²) in [6.45, 7) is 7.15. The first-order chi connectivity index (χ1) is 9.43. The number of carbonyl (C=O) groups excluding carboxylic acids is 1. The number of para-hydroxylation sites is 1. The molecule has 1 aromatic carbocycles.